The third-order valence-electron chi connectivity index (χ3n) is 3.60. The van der Waals surface area contributed by atoms with Crippen molar-refractivity contribution in [3.63, 3.8) is 0 Å². The van der Waals surface area contributed by atoms with Gasteiger partial charge in [-0.1, -0.05) is 0 Å². The van der Waals surface area contributed by atoms with Gasteiger partial charge in [0.05, 0.1) is 17.6 Å². The molecule has 13 heteroatoms. The molecular weight excluding hydrogens is 496 g/mol. The second-order valence-electron chi connectivity index (χ2n) is 5.85. The number of nitro benzene ring substituents is 1. The zero-order chi connectivity index (χ0) is 22.5. The van der Waals surface area contributed by atoms with Crippen LogP contribution in [-0.2, 0) is 0 Å². The Balaban J connectivity index is 2.20. The average Bonchev–Trinajstić information content (AvgIpc) is 2.66. The van der Waals surface area contributed by atoms with Crippen LogP contribution in [-0.4, -0.2) is 45.9 Å². The van der Waals surface area contributed by atoms with Crippen molar-refractivity contribution in [1.82, 2.24) is 0 Å². The van der Waals surface area contributed by atoms with Crippen molar-refractivity contribution in [3.05, 3.63) is 56.5 Å². The van der Waals surface area contributed by atoms with Gasteiger partial charge in [0.15, 0.2) is 0 Å². The van der Waals surface area contributed by atoms with Crippen LogP contribution in [0.25, 0.3) is 0 Å². The summed E-state index contributed by atoms with van der Waals surface area (Å²) in [5, 5.41) is 34.8. The average molecular weight is 511 g/mol. The molecule has 30 heavy (non-hydrogen) atoms. The maximum Gasteiger partial charge on any atom is 0.487 e. The van der Waals surface area contributed by atoms with Crippen LogP contribution in [0, 0.1) is 10.1 Å². The predicted octanol–water partition coefficient (Wildman–Crippen LogP) is 3.54. The van der Waals surface area contributed by atoms with Crippen LogP contribution in [0.15, 0.2) is 40.9 Å². The van der Waals surface area contributed by atoms with Gasteiger partial charge in [0, 0.05) is 39.9 Å². The van der Waals surface area contributed by atoms with E-state index in [1.165, 1.54) is 18.2 Å². The first-order valence-electron chi connectivity index (χ1n) is 8.18. The van der Waals surface area contributed by atoms with E-state index in [1.54, 1.807) is 0 Å². The van der Waals surface area contributed by atoms with Gasteiger partial charge in [0.1, 0.15) is 11.4 Å². The minimum absolute atomic E-state index is 0.0209. The van der Waals surface area contributed by atoms with Crippen LogP contribution in [0.5, 0.6) is 5.75 Å². The summed E-state index contributed by atoms with van der Waals surface area (Å²) >= 11 is 7.81. The number of hydrogen-bond acceptors (Lipinski definition) is 7. The fourth-order valence-electron chi connectivity index (χ4n) is 2.27. The first kappa shape index (κ1) is 23.7. The van der Waals surface area contributed by atoms with Gasteiger partial charge in [0.25, 0.3) is 11.6 Å². The highest BCUT2D eigenvalue weighted by Gasteiger charge is 2.27. The van der Waals surface area contributed by atoms with Crippen LogP contribution in [0.3, 0.4) is 0 Å². The van der Waals surface area contributed by atoms with E-state index in [0.717, 1.165) is 18.2 Å². The Morgan fingerprint density at radius 2 is 1.97 bits per heavy atom. The highest BCUT2D eigenvalue weighted by Crippen LogP contribution is 2.34. The Morgan fingerprint density at radius 3 is 2.50 bits per heavy atom. The van der Waals surface area contributed by atoms with E-state index in [1.807, 2.05) is 0 Å². The molecule has 0 aliphatic rings. The molecule has 0 heterocycles. The lowest BCUT2D eigenvalue weighted by Gasteiger charge is -2.14. The quantitative estimate of drug-likeness (QED) is 0.230. The first-order chi connectivity index (χ1) is 14.0. The molecule has 0 spiro atoms. The van der Waals surface area contributed by atoms with Gasteiger partial charge in [-0.2, -0.15) is 0 Å². The molecule has 0 aliphatic carbocycles. The number of hydrogen-bond donors (Lipinski definition) is 4. The molecule has 0 saturated heterocycles. The Kier molecular flexibility index (Phi) is 7.89. The molecule has 0 saturated carbocycles. The number of nitrogens with one attached hydrogen (secondary N) is 2. The highest BCUT2D eigenvalue weighted by molar-refractivity contribution is 9.10. The number of halogens is 4. The number of aliphatic hydroxyl groups is 2. The number of ether oxygens (including phenoxy) is 1. The lowest BCUT2D eigenvalue weighted by atomic mass is 10.1. The Morgan fingerprint density at radius 1 is 1.33 bits per heavy atom. The number of anilines is 2. The van der Waals surface area contributed by atoms with Gasteiger partial charge >= 0.3 is 5.57 Å². The van der Waals surface area contributed by atoms with Crippen LogP contribution in [0.1, 0.15) is 10.4 Å². The number of rotatable bonds is 9. The van der Waals surface area contributed by atoms with Crippen molar-refractivity contribution < 1.29 is 33.4 Å². The smallest absolute Gasteiger partial charge is 0.420 e. The Bertz CT molecular complexity index is 927. The summed E-state index contributed by atoms with van der Waals surface area (Å²) in [4.78, 5) is 23.1. The third kappa shape index (κ3) is 6.76. The molecule has 0 bridgehead atoms. The predicted molar refractivity (Wildman–Crippen MR) is 108 cm³/mol. The van der Waals surface area contributed by atoms with Gasteiger partial charge in [-0.3, -0.25) is 14.9 Å². The monoisotopic (exact) mass is 509 g/mol. The van der Waals surface area contributed by atoms with Crippen molar-refractivity contribution in [2.45, 2.75) is 11.7 Å². The van der Waals surface area contributed by atoms with Gasteiger partial charge in [-0.25, -0.2) is 0 Å². The molecular formula is C17H15BrClF2N3O6. The van der Waals surface area contributed by atoms with Crippen molar-refractivity contribution >= 4 is 50.5 Å². The summed E-state index contributed by atoms with van der Waals surface area (Å²) in [6, 6.07) is 7.23. The summed E-state index contributed by atoms with van der Waals surface area (Å²) in [6.07, 6.45) is -1.13. The van der Waals surface area contributed by atoms with Crippen molar-refractivity contribution in [2.75, 3.05) is 23.8 Å². The zero-order valence-corrected chi connectivity index (χ0v) is 17.3. The van der Waals surface area contributed by atoms with Gasteiger partial charge in [0.2, 0.25) is 0 Å². The maximum atomic E-state index is 12.6. The normalized spacial score (nSPS) is 12.2. The number of nitro groups is 1. The lowest BCUT2D eigenvalue weighted by Crippen LogP contribution is -2.23. The molecule has 0 aliphatic heterocycles. The van der Waals surface area contributed by atoms with Crippen molar-refractivity contribution in [3.8, 4) is 5.75 Å². The molecule has 0 fully saturated rings. The molecule has 0 radical (unpaired) electrons. The summed E-state index contributed by atoms with van der Waals surface area (Å²) in [5.41, 5.74) is -4.13. The van der Waals surface area contributed by atoms with Crippen LogP contribution >= 0.6 is 27.5 Å². The van der Waals surface area contributed by atoms with E-state index in [2.05, 4.69) is 42.9 Å². The number of amides is 1. The Hall–Kier alpha value is -2.54. The molecule has 1 amide bonds. The van der Waals surface area contributed by atoms with E-state index in [4.69, 9.17) is 5.11 Å². The van der Waals surface area contributed by atoms with Gasteiger partial charge in [-0.05, 0) is 46.3 Å². The molecule has 162 valence electrons. The van der Waals surface area contributed by atoms with Crippen molar-refractivity contribution in [1.29, 1.82) is 0 Å². The third-order valence-corrected chi connectivity index (χ3v) is 4.30. The number of carbonyl (C=O) groups is 1. The van der Waals surface area contributed by atoms with E-state index < -0.39 is 34.8 Å². The molecule has 9 nitrogen and oxygen atoms in total. The fraction of sp³-hybridized carbons (Fsp3) is 0.235. The molecule has 2 aromatic rings. The van der Waals surface area contributed by atoms with Crippen molar-refractivity contribution in [2.24, 2.45) is 0 Å². The Labute approximate surface area is 181 Å². The molecule has 1 unspecified atom stereocenters. The number of alkyl halides is 3. The highest BCUT2D eigenvalue weighted by atomic mass is 79.9. The topological polar surface area (TPSA) is 134 Å². The molecule has 2 aromatic carbocycles. The standard InChI is InChI=1S/C17H15BrClF2N3O6/c18-13-5-9(6-14(24(28)29)15(13)22-7-11(26)8-25)16(27)23-10-1-3-12(4-2-10)30-17(19,20)21/h1-6,11,22,25-26H,7-8H2,(H,23,27). The van der Waals surface area contributed by atoms with Crippen LogP contribution < -0.4 is 15.4 Å². The summed E-state index contributed by atoms with van der Waals surface area (Å²) in [5.74, 6) is -0.927. The first-order valence-corrected chi connectivity index (χ1v) is 9.35. The minimum atomic E-state index is -3.88. The number of nitrogens with zero attached hydrogens (tertiary/aromatic N) is 1. The van der Waals surface area contributed by atoms with Crippen LogP contribution in [0.4, 0.5) is 25.8 Å². The summed E-state index contributed by atoms with van der Waals surface area (Å²) in [7, 11) is 0. The summed E-state index contributed by atoms with van der Waals surface area (Å²) in [6.45, 7) is -0.692. The largest absolute Gasteiger partial charge is 0.487 e. The molecule has 0 aromatic heterocycles. The minimum Gasteiger partial charge on any atom is -0.420 e. The lowest BCUT2D eigenvalue weighted by molar-refractivity contribution is -0.384. The van der Waals surface area contributed by atoms with E-state index >= 15 is 0 Å². The zero-order valence-electron chi connectivity index (χ0n) is 14.9. The maximum absolute atomic E-state index is 12.6. The molecule has 1 atom stereocenters. The SMILES string of the molecule is O=C(Nc1ccc(OC(F)(F)Cl)cc1)c1cc(Br)c(NCC(O)CO)c([N+](=O)[O-])c1. The second-order valence-corrected chi connectivity index (χ2v) is 7.15. The fourth-order valence-corrected chi connectivity index (χ4v) is 2.95. The number of benzene rings is 2. The molecule has 2 rings (SSSR count). The molecule has 4 N–H and O–H groups in total. The van der Waals surface area contributed by atoms with Gasteiger partial charge < -0.3 is 25.6 Å². The van der Waals surface area contributed by atoms with Gasteiger partial charge in [-0.15, -0.1) is 8.78 Å². The van der Waals surface area contributed by atoms with Crippen LogP contribution in [0.2, 0.25) is 0 Å². The second kappa shape index (κ2) is 9.98. The van der Waals surface area contributed by atoms with E-state index in [9.17, 15) is 28.8 Å². The van der Waals surface area contributed by atoms with E-state index in [-0.39, 0.29) is 33.7 Å². The summed E-state index contributed by atoms with van der Waals surface area (Å²) < 4.78 is 29.6. The number of carbonyl (C=O) groups excluding carboxylic acids is 1. The van der Waals surface area contributed by atoms with E-state index in [0.29, 0.717) is 0 Å². The number of aliphatic hydroxyl groups excluding tert-OH is 2.